The summed E-state index contributed by atoms with van der Waals surface area (Å²) in [5.74, 6) is 1.53. The molecule has 0 N–H and O–H groups in total. The minimum absolute atomic E-state index is 0.253. The van der Waals surface area contributed by atoms with Gasteiger partial charge in [0.1, 0.15) is 0 Å². The maximum atomic E-state index is 5.58. The molecule has 17 heavy (non-hydrogen) atoms. The highest BCUT2D eigenvalue weighted by Crippen LogP contribution is 2.47. The molecule has 1 aliphatic rings. The predicted molar refractivity (Wildman–Crippen MR) is 72.2 cm³/mol. The summed E-state index contributed by atoms with van der Waals surface area (Å²) in [7, 11) is 3.67. The average Bonchev–Trinajstić information content (AvgIpc) is 2.84. The van der Waals surface area contributed by atoms with E-state index in [1.54, 1.807) is 0 Å². The van der Waals surface area contributed by atoms with Crippen LogP contribution in [0.15, 0.2) is 0 Å². The SMILES string of the molecule is CCC(CC)C(COC)(COC)C1CCCC1. The molecular weight excluding hydrogens is 212 g/mol. The Morgan fingerprint density at radius 3 is 1.82 bits per heavy atom. The van der Waals surface area contributed by atoms with Gasteiger partial charge in [-0.2, -0.15) is 0 Å². The summed E-state index contributed by atoms with van der Waals surface area (Å²) in [5, 5.41) is 0. The van der Waals surface area contributed by atoms with Gasteiger partial charge >= 0.3 is 0 Å². The topological polar surface area (TPSA) is 18.5 Å². The minimum Gasteiger partial charge on any atom is -0.384 e. The molecule has 0 saturated heterocycles. The monoisotopic (exact) mass is 242 g/mol. The highest BCUT2D eigenvalue weighted by Gasteiger charge is 2.44. The van der Waals surface area contributed by atoms with Crippen LogP contribution in [0.5, 0.6) is 0 Å². The molecule has 0 radical (unpaired) electrons. The molecular formula is C15H30O2. The Morgan fingerprint density at radius 2 is 1.47 bits per heavy atom. The van der Waals surface area contributed by atoms with Gasteiger partial charge in [-0.25, -0.2) is 0 Å². The first kappa shape index (κ1) is 15.0. The number of methoxy groups -OCH3 is 2. The van der Waals surface area contributed by atoms with Crippen LogP contribution in [-0.2, 0) is 9.47 Å². The van der Waals surface area contributed by atoms with Gasteiger partial charge in [-0.15, -0.1) is 0 Å². The van der Waals surface area contributed by atoms with Crippen LogP contribution in [0.4, 0.5) is 0 Å². The molecule has 0 atom stereocenters. The smallest absolute Gasteiger partial charge is 0.0546 e. The summed E-state index contributed by atoms with van der Waals surface area (Å²) in [6.45, 7) is 6.34. The second kappa shape index (κ2) is 7.38. The highest BCUT2D eigenvalue weighted by molar-refractivity contribution is 4.93. The van der Waals surface area contributed by atoms with E-state index in [1.807, 2.05) is 14.2 Å². The zero-order valence-corrected chi connectivity index (χ0v) is 12.1. The highest BCUT2D eigenvalue weighted by atomic mass is 16.5. The summed E-state index contributed by atoms with van der Waals surface area (Å²) >= 11 is 0. The Bertz CT molecular complexity index is 183. The Kier molecular flexibility index (Phi) is 6.50. The van der Waals surface area contributed by atoms with Crippen molar-refractivity contribution in [2.75, 3.05) is 27.4 Å². The van der Waals surface area contributed by atoms with E-state index in [-0.39, 0.29) is 5.41 Å². The lowest BCUT2D eigenvalue weighted by Crippen LogP contribution is -2.44. The Labute approximate surface area is 107 Å². The lowest BCUT2D eigenvalue weighted by Gasteiger charge is -2.44. The normalized spacial score (nSPS) is 18.2. The minimum atomic E-state index is 0.253. The molecule has 0 aromatic heterocycles. The third-order valence-electron chi connectivity index (χ3n) is 4.79. The van der Waals surface area contributed by atoms with Gasteiger partial charge in [-0.3, -0.25) is 0 Å². The molecule has 1 saturated carbocycles. The molecule has 0 aliphatic heterocycles. The average molecular weight is 242 g/mol. The standard InChI is InChI=1S/C15H30O2/c1-5-13(6-2)15(11-16-3,12-17-4)14-9-7-8-10-14/h13-14H,5-12H2,1-4H3. The van der Waals surface area contributed by atoms with Crippen LogP contribution < -0.4 is 0 Å². The van der Waals surface area contributed by atoms with Crippen molar-refractivity contribution < 1.29 is 9.47 Å². The zero-order chi connectivity index (χ0) is 12.7. The molecule has 1 rings (SSSR count). The Balaban J connectivity index is 2.91. The van der Waals surface area contributed by atoms with Gasteiger partial charge in [0.15, 0.2) is 0 Å². The summed E-state index contributed by atoms with van der Waals surface area (Å²) in [4.78, 5) is 0. The van der Waals surface area contributed by atoms with Crippen LogP contribution in [0.1, 0.15) is 52.4 Å². The van der Waals surface area contributed by atoms with E-state index in [2.05, 4.69) is 13.8 Å². The van der Waals surface area contributed by atoms with E-state index >= 15 is 0 Å². The van der Waals surface area contributed by atoms with Crippen molar-refractivity contribution in [1.82, 2.24) is 0 Å². The molecule has 2 nitrogen and oxygen atoms in total. The summed E-state index contributed by atoms with van der Waals surface area (Å²) in [5.41, 5.74) is 0.253. The lowest BCUT2D eigenvalue weighted by molar-refractivity contribution is -0.0713. The summed E-state index contributed by atoms with van der Waals surface area (Å²) in [6, 6.07) is 0. The van der Waals surface area contributed by atoms with Gasteiger partial charge in [-0.05, 0) is 24.7 Å². The molecule has 0 amide bonds. The van der Waals surface area contributed by atoms with E-state index in [4.69, 9.17) is 9.47 Å². The molecule has 1 aliphatic carbocycles. The van der Waals surface area contributed by atoms with Gasteiger partial charge in [0.05, 0.1) is 13.2 Å². The first-order chi connectivity index (χ1) is 8.25. The summed E-state index contributed by atoms with van der Waals surface area (Å²) in [6.07, 6.45) is 7.98. The van der Waals surface area contributed by atoms with Crippen LogP contribution in [0.2, 0.25) is 0 Å². The van der Waals surface area contributed by atoms with Crippen molar-refractivity contribution >= 4 is 0 Å². The van der Waals surface area contributed by atoms with E-state index in [1.165, 1.54) is 38.5 Å². The molecule has 0 aromatic rings. The number of ether oxygens (including phenoxy) is 2. The van der Waals surface area contributed by atoms with Gasteiger partial charge in [0.2, 0.25) is 0 Å². The lowest BCUT2D eigenvalue weighted by atomic mass is 9.64. The molecule has 2 heteroatoms. The molecule has 0 bridgehead atoms. The number of rotatable bonds is 8. The first-order valence-corrected chi connectivity index (χ1v) is 7.23. The van der Waals surface area contributed by atoms with Crippen molar-refractivity contribution in [3.63, 3.8) is 0 Å². The first-order valence-electron chi connectivity index (χ1n) is 7.23. The van der Waals surface area contributed by atoms with Crippen molar-refractivity contribution in [2.24, 2.45) is 17.3 Å². The third kappa shape index (κ3) is 3.23. The second-order valence-corrected chi connectivity index (χ2v) is 5.59. The van der Waals surface area contributed by atoms with Crippen LogP contribution in [0.3, 0.4) is 0 Å². The van der Waals surface area contributed by atoms with Crippen LogP contribution >= 0.6 is 0 Å². The van der Waals surface area contributed by atoms with Crippen LogP contribution in [0.25, 0.3) is 0 Å². The van der Waals surface area contributed by atoms with Gasteiger partial charge in [-0.1, -0.05) is 39.5 Å². The summed E-state index contributed by atoms with van der Waals surface area (Å²) < 4.78 is 11.2. The van der Waals surface area contributed by atoms with E-state index in [0.717, 1.165) is 25.0 Å². The Hall–Kier alpha value is -0.0800. The van der Waals surface area contributed by atoms with Gasteiger partial charge in [0.25, 0.3) is 0 Å². The van der Waals surface area contributed by atoms with E-state index in [0.29, 0.717) is 0 Å². The zero-order valence-electron chi connectivity index (χ0n) is 12.1. The third-order valence-corrected chi connectivity index (χ3v) is 4.79. The van der Waals surface area contributed by atoms with E-state index in [9.17, 15) is 0 Å². The molecule has 0 heterocycles. The predicted octanol–water partition coefficient (Wildman–Crippen LogP) is 3.89. The number of hydrogen-bond donors (Lipinski definition) is 0. The fourth-order valence-electron chi connectivity index (χ4n) is 3.99. The molecule has 1 fully saturated rings. The van der Waals surface area contributed by atoms with Crippen LogP contribution in [0, 0.1) is 17.3 Å². The van der Waals surface area contributed by atoms with Crippen molar-refractivity contribution in [2.45, 2.75) is 52.4 Å². The van der Waals surface area contributed by atoms with E-state index < -0.39 is 0 Å². The van der Waals surface area contributed by atoms with Crippen molar-refractivity contribution in [3.8, 4) is 0 Å². The second-order valence-electron chi connectivity index (χ2n) is 5.59. The van der Waals surface area contributed by atoms with Crippen molar-refractivity contribution in [1.29, 1.82) is 0 Å². The molecule has 0 unspecified atom stereocenters. The fourth-order valence-corrected chi connectivity index (χ4v) is 3.99. The molecule has 0 spiro atoms. The fraction of sp³-hybridized carbons (Fsp3) is 1.00. The quantitative estimate of drug-likeness (QED) is 0.643. The van der Waals surface area contributed by atoms with Crippen LogP contribution in [-0.4, -0.2) is 27.4 Å². The van der Waals surface area contributed by atoms with Gasteiger partial charge in [0, 0.05) is 19.6 Å². The molecule has 102 valence electrons. The van der Waals surface area contributed by atoms with Crippen molar-refractivity contribution in [3.05, 3.63) is 0 Å². The number of hydrogen-bond acceptors (Lipinski definition) is 2. The largest absolute Gasteiger partial charge is 0.384 e. The maximum absolute atomic E-state index is 5.58. The maximum Gasteiger partial charge on any atom is 0.0546 e. The molecule has 0 aromatic carbocycles. The Morgan fingerprint density at radius 1 is 1.00 bits per heavy atom. The van der Waals surface area contributed by atoms with Gasteiger partial charge < -0.3 is 9.47 Å².